The van der Waals surface area contributed by atoms with E-state index in [4.69, 9.17) is 0 Å². The van der Waals surface area contributed by atoms with Crippen LogP contribution in [0.25, 0.3) is 0 Å². The fourth-order valence-electron chi connectivity index (χ4n) is 6.08. The summed E-state index contributed by atoms with van der Waals surface area (Å²) in [6.45, 7) is 3.51. The van der Waals surface area contributed by atoms with Gasteiger partial charge in [-0.2, -0.15) is 13.2 Å². The van der Waals surface area contributed by atoms with Crippen molar-refractivity contribution in [2.45, 2.75) is 51.2 Å². The van der Waals surface area contributed by atoms with E-state index >= 15 is 0 Å². The average molecular weight is 366 g/mol. The van der Waals surface area contributed by atoms with Crippen molar-refractivity contribution in [3.05, 3.63) is 35.4 Å². The molecule has 26 heavy (non-hydrogen) atoms. The van der Waals surface area contributed by atoms with Crippen LogP contribution in [-0.2, 0) is 12.7 Å². The fraction of sp³-hybridized carbons (Fsp3) is 0.714. The van der Waals surface area contributed by atoms with E-state index in [1.807, 2.05) is 0 Å². The van der Waals surface area contributed by atoms with Crippen LogP contribution in [0.1, 0.15) is 49.7 Å². The molecule has 0 aromatic heterocycles. The Kier molecular flexibility index (Phi) is 5.04. The molecule has 2 N–H and O–H groups in total. The number of hydrogen-bond acceptors (Lipinski definition) is 2. The summed E-state index contributed by atoms with van der Waals surface area (Å²) in [6.07, 6.45) is 4.45. The first-order valence-corrected chi connectivity index (χ1v) is 9.99. The summed E-state index contributed by atoms with van der Waals surface area (Å²) in [4.78, 5) is 0. The molecule has 0 heterocycles. The van der Waals surface area contributed by atoms with Crippen molar-refractivity contribution < 1.29 is 13.2 Å². The molecule has 4 saturated carbocycles. The smallest absolute Gasteiger partial charge is 0.315 e. The van der Waals surface area contributed by atoms with Crippen molar-refractivity contribution in [2.24, 2.45) is 23.2 Å². The number of nitrogens with one attached hydrogen (secondary N) is 2. The van der Waals surface area contributed by atoms with Gasteiger partial charge in [-0.05, 0) is 79.4 Å². The molecule has 144 valence electrons. The maximum absolute atomic E-state index is 12.6. The second kappa shape index (κ2) is 7.16. The lowest BCUT2D eigenvalue weighted by atomic mass is 9.49. The lowest BCUT2D eigenvalue weighted by molar-refractivity contribution is -0.137. The SMILES string of the molecule is FC(F)(F)c1ccc(CNCCNCC23CC4CC(CC(C4)C2)C3)cc1. The highest BCUT2D eigenvalue weighted by atomic mass is 19.4. The van der Waals surface area contributed by atoms with Crippen molar-refractivity contribution in [2.75, 3.05) is 19.6 Å². The van der Waals surface area contributed by atoms with E-state index in [0.29, 0.717) is 12.0 Å². The van der Waals surface area contributed by atoms with E-state index in [0.717, 1.165) is 55.1 Å². The zero-order valence-corrected chi connectivity index (χ0v) is 15.2. The van der Waals surface area contributed by atoms with Crippen LogP contribution in [0, 0.1) is 23.2 Å². The van der Waals surface area contributed by atoms with Gasteiger partial charge in [-0.25, -0.2) is 0 Å². The van der Waals surface area contributed by atoms with E-state index in [1.165, 1.54) is 38.5 Å². The highest BCUT2D eigenvalue weighted by molar-refractivity contribution is 5.24. The summed E-state index contributed by atoms with van der Waals surface area (Å²) in [5.41, 5.74) is 0.861. The molecule has 0 unspecified atom stereocenters. The third-order valence-corrected chi connectivity index (χ3v) is 6.75. The Bertz CT molecular complexity index is 573. The molecule has 4 bridgehead atoms. The summed E-state index contributed by atoms with van der Waals surface area (Å²) in [6, 6.07) is 5.42. The van der Waals surface area contributed by atoms with Gasteiger partial charge in [0.15, 0.2) is 0 Å². The standard InChI is InChI=1S/C21H29F3N2/c22-21(23,24)19-3-1-15(2-4-19)13-25-5-6-26-14-20-10-16-7-17(11-20)9-18(8-16)12-20/h1-4,16-18,25-26H,5-14H2. The van der Waals surface area contributed by atoms with Crippen LogP contribution in [0.3, 0.4) is 0 Å². The van der Waals surface area contributed by atoms with Gasteiger partial charge in [0, 0.05) is 26.2 Å². The lowest BCUT2D eigenvalue weighted by Crippen LogP contribution is -2.50. The van der Waals surface area contributed by atoms with Crippen LogP contribution in [0.2, 0.25) is 0 Å². The molecule has 1 aromatic rings. The van der Waals surface area contributed by atoms with Gasteiger partial charge in [-0.3, -0.25) is 0 Å². The third kappa shape index (κ3) is 4.09. The van der Waals surface area contributed by atoms with Crippen LogP contribution >= 0.6 is 0 Å². The molecular formula is C21H29F3N2. The Balaban J connectivity index is 1.15. The topological polar surface area (TPSA) is 24.1 Å². The number of benzene rings is 1. The molecule has 5 heteroatoms. The molecule has 1 aromatic carbocycles. The Morgan fingerprint density at radius 3 is 1.92 bits per heavy atom. The summed E-state index contributed by atoms with van der Waals surface area (Å²) in [7, 11) is 0. The Morgan fingerprint density at radius 1 is 0.846 bits per heavy atom. The van der Waals surface area contributed by atoms with Crippen molar-refractivity contribution in [3.63, 3.8) is 0 Å². The van der Waals surface area contributed by atoms with E-state index in [1.54, 1.807) is 12.1 Å². The lowest BCUT2D eigenvalue weighted by Gasteiger charge is -2.57. The molecule has 0 amide bonds. The predicted octanol–water partition coefficient (Wildman–Crippen LogP) is 4.60. The molecule has 0 saturated heterocycles. The molecular weight excluding hydrogens is 337 g/mol. The molecule has 4 aliphatic rings. The van der Waals surface area contributed by atoms with Crippen LogP contribution in [0.5, 0.6) is 0 Å². The second-order valence-electron chi connectivity index (χ2n) is 8.97. The van der Waals surface area contributed by atoms with Gasteiger partial charge in [-0.1, -0.05) is 12.1 Å². The van der Waals surface area contributed by atoms with Crippen LogP contribution in [0.15, 0.2) is 24.3 Å². The summed E-state index contributed by atoms with van der Waals surface area (Å²) >= 11 is 0. The Morgan fingerprint density at radius 2 is 1.38 bits per heavy atom. The van der Waals surface area contributed by atoms with Crippen LogP contribution < -0.4 is 10.6 Å². The van der Waals surface area contributed by atoms with E-state index < -0.39 is 11.7 Å². The Hall–Kier alpha value is -1.07. The maximum Gasteiger partial charge on any atom is 0.416 e. The van der Waals surface area contributed by atoms with E-state index in [9.17, 15) is 13.2 Å². The summed E-state index contributed by atoms with van der Waals surface area (Å²) in [5.74, 6) is 2.96. The minimum atomic E-state index is -4.26. The third-order valence-electron chi connectivity index (χ3n) is 6.75. The average Bonchev–Trinajstić information content (AvgIpc) is 2.56. The molecule has 2 nitrogen and oxygen atoms in total. The first-order chi connectivity index (χ1) is 12.4. The molecule has 5 rings (SSSR count). The minimum Gasteiger partial charge on any atom is -0.315 e. The quantitative estimate of drug-likeness (QED) is 0.689. The highest BCUT2D eigenvalue weighted by Gasteiger charge is 2.50. The number of alkyl halides is 3. The van der Waals surface area contributed by atoms with E-state index in [-0.39, 0.29) is 0 Å². The van der Waals surface area contributed by atoms with Gasteiger partial charge in [-0.15, -0.1) is 0 Å². The highest BCUT2D eigenvalue weighted by Crippen LogP contribution is 2.59. The van der Waals surface area contributed by atoms with Crippen molar-refractivity contribution in [1.29, 1.82) is 0 Å². The van der Waals surface area contributed by atoms with E-state index in [2.05, 4.69) is 10.6 Å². The number of hydrogen-bond donors (Lipinski definition) is 2. The second-order valence-corrected chi connectivity index (χ2v) is 8.97. The predicted molar refractivity (Wildman–Crippen MR) is 96.6 cm³/mol. The van der Waals surface area contributed by atoms with Gasteiger partial charge in [0.2, 0.25) is 0 Å². The fourth-order valence-corrected chi connectivity index (χ4v) is 6.08. The van der Waals surface area contributed by atoms with Crippen molar-refractivity contribution in [3.8, 4) is 0 Å². The summed E-state index contributed by atoms with van der Waals surface area (Å²) in [5, 5.41) is 6.97. The monoisotopic (exact) mass is 366 g/mol. The van der Waals surface area contributed by atoms with Crippen LogP contribution in [0.4, 0.5) is 13.2 Å². The zero-order chi connectivity index (χ0) is 18.2. The zero-order valence-electron chi connectivity index (χ0n) is 15.2. The van der Waals surface area contributed by atoms with Crippen LogP contribution in [-0.4, -0.2) is 19.6 Å². The van der Waals surface area contributed by atoms with Gasteiger partial charge < -0.3 is 10.6 Å². The van der Waals surface area contributed by atoms with Gasteiger partial charge in [0.1, 0.15) is 0 Å². The first kappa shape index (κ1) is 18.3. The molecule has 0 aliphatic heterocycles. The summed E-state index contributed by atoms with van der Waals surface area (Å²) < 4.78 is 37.7. The molecule has 0 spiro atoms. The van der Waals surface area contributed by atoms with Gasteiger partial charge >= 0.3 is 6.18 Å². The largest absolute Gasteiger partial charge is 0.416 e. The van der Waals surface area contributed by atoms with Gasteiger partial charge in [0.05, 0.1) is 5.56 Å². The maximum atomic E-state index is 12.6. The first-order valence-electron chi connectivity index (χ1n) is 9.99. The minimum absolute atomic E-state index is 0.558. The van der Waals surface area contributed by atoms with Gasteiger partial charge in [0.25, 0.3) is 0 Å². The number of rotatable bonds is 7. The Labute approximate surface area is 153 Å². The van der Waals surface area contributed by atoms with Crippen molar-refractivity contribution >= 4 is 0 Å². The normalized spacial score (nSPS) is 33.0. The molecule has 0 radical (unpaired) electrons. The molecule has 4 aliphatic carbocycles. The molecule has 0 atom stereocenters. The molecule has 4 fully saturated rings. The van der Waals surface area contributed by atoms with Crippen molar-refractivity contribution in [1.82, 2.24) is 10.6 Å². The number of halogens is 3.